The molecule has 5 heteroatoms. The Morgan fingerprint density at radius 3 is 2.36 bits per heavy atom. The Kier molecular flexibility index (Phi) is 9.66. The van der Waals surface area contributed by atoms with E-state index in [0.29, 0.717) is 24.2 Å². The van der Waals surface area contributed by atoms with Gasteiger partial charge < -0.3 is 15.5 Å². The van der Waals surface area contributed by atoms with Crippen LogP contribution in [-0.2, 0) is 4.79 Å². The molecule has 2 N–H and O–H groups in total. The minimum atomic E-state index is -0.110. The van der Waals surface area contributed by atoms with Crippen LogP contribution >= 0.6 is 0 Å². The molecule has 0 atom stereocenters. The molecule has 1 aromatic carbocycles. The Hall–Kier alpha value is -2.04. The minimum Gasteiger partial charge on any atom is -0.377 e. The summed E-state index contributed by atoms with van der Waals surface area (Å²) in [5.74, 6) is -0.102. The van der Waals surface area contributed by atoms with Crippen LogP contribution in [0.15, 0.2) is 18.2 Å². The first-order valence-corrected chi connectivity index (χ1v) is 9.39. The summed E-state index contributed by atoms with van der Waals surface area (Å²) in [6.07, 6.45) is 7.02. The lowest BCUT2D eigenvalue weighted by atomic mass is 10.1. The molecule has 0 saturated carbocycles. The van der Waals surface area contributed by atoms with Gasteiger partial charge in [-0.25, -0.2) is 0 Å². The molecule has 0 aliphatic carbocycles. The first kappa shape index (κ1) is 21.0. The Morgan fingerprint density at radius 2 is 1.72 bits per heavy atom. The zero-order valence-electron chi connectivity index (χ0n) is 16.2. The predicted molar refractivity (Wildman–Crippen MR) is 105 cm³/mol. The molecular weight excluding hydrogens is 314 g/mol. The van der Waals surface area contributed by atoms with Crippen LogP contribution in [0.4, 0.5) is 11.4 Å². The summed E-state index contributed by atoms with van der Waals surface area (Å²) < 4.78 is 0. The lowest BCUT2D eigenvalue weighted by molar-refractivity contribution is -0.116. The number of carbonyl (C=O) groups is 2. The topological polar surface area (TPSA) is 61.4 Å². The molecule has 0 bridgehead atoms. The molecule has 0 aliphatic rings. The zero-order chi connectivity index (χ0) is 18.7. The molecular formula is C20H33N3O2. The Bertz CT molecular complexity index is 556. The minimum absolute atomic E-state index is 0.00835. The number of amides is 2. The maximum absolute atomic E-state index is 12.4. The van der Waals surface area contributed by atoms with E-state index in [-0.39, 0.29) is 11.8 Å². The average Bonchev–Trinajstić information content (AvgIpc) is 2.59. The van der Waals surface area contributed by atoms with Crippen molar-refractivity contribution in [3.8, 4) is 0 Å². The SMILES string of the molecule is CCCCCCCC(=O)Nc1ccc(N(C)C)c(C(=O)NCCC)c1. The average molecular weight is 348 g/mol. The normalized spacial score (nSPS) is 10.4. The molecule has 140 valence electrons. The van der Waals surface area contributed by atoms with Gasteiger partial charge in [-0.1, -0.05) is 39.5 Å². The molecule has 0 radical (unpaired) electrons. The summed E-state index contributed by atoms with van der Waals surface area (Å²) in [6, 6.07) is 5.48. The largest absolute Gasteiger partial charge is 0.377 e. The molecule has 0 saturated heterocycles. The highest BCUT2D eigenvalue weighted by atomic mass is 16.2. The van der Waals surface area contributed by atoms with Crippen LogP contribution < -0.4 is 15.5 Å². The fraction of sp³-hybridized carbons (Fsp3) is 0.600. The molecule has 5 nitrogen and oxygen atoms in total. The maximum atomic E-state index is 12.4. The number of hydrogen-bond acceptors (Lipinski definition) is 3. The number of nitrogens with zero attached hydrogens (tertiary/aromatic N) is 1. The van der Waals surface area contributed by atoms with E-state index in [4.69, 9.17) is 0 Å². The first-order valence-electron chi connectivity index (χ1n) is 9.39. The van der Waals surface area contributed by atoms with Gasteiger partial charge in [0, 0.05) is 38.4 Å². The van der Waals surface area contributed by atoms with Crippen LogP contribution in [0, 0.1) is 0 Å². The van der Waals surface area contributed by atoms with Gasteiger partial charge >= 0.3 is 0 Å². The van der Waals surface area contributed by atoms with E-state index in [1.54, 1.807) is 6.07 Å². The third kappa shape index (κ3) is 7.59. The Morgan fingerprint density at radius 1 is 1.00 bits per heavy atom. The van der Waals surface area contributed by atoms with Gasteiger partial charge in [0.1, 0.15) is 0 Å². The number of carbonyl (C=O) groups excluding carboxylic acids is 2. The van der Waals surface area contributed by atoms with Crippen molar-refractivity contribution in [3.05, 3.63) is 23.8 Å². The van der Waals surface area contributed by atoms with Crippen molar-refractivity contribution in [2.45, 2.75) is 58.8 Å². The van der Waals surface area contributed by atoms with Gasteiger partial charge in [0.25, 0.3) is 5.91 Å². The molecule has 0 aliphatic heterocycles. The monoisotopic (exact) mass is 347 g/mol. The zero-order valence-corrected chi connectivity index (χ0v) is 16.2. The van der Waals surface area contributed by atoms with E-state index >= 15 is 0 Å². The van der Waals surface area contributed by atoms with Crippen molar-refractivity contribution >= 4 is 23.2 Å². The summed E-state index contributed by atoms with van der Waals surface area (Å²) in [7, 11) is 3.81. The number of nitrogens with one attached hydrogen (secondary N) is 2. The highest BCUT2D eigenvalue weighted by Gasteiger charge is 2.14. The molecule has 0 fully saturated rings. The third-order valence-corrected chi connectivity index (χ3v) is 4.05. The van der Waals surface area contributed by atoms with Crippen LogP contribution in [0.2, 0.25) is 0 Å². The summed E-state index contributed by atoms with van der Waals surface area (Å²) >= 11 is 0. The summed E-state index contributed by atoms with van der Waals surface area (Å²) in [6.45, 7) is 4.84. The van der Waals surface area contributed by atoms with Gasteiger partial charge in [-0.05, 0) is 31.0 Å². The van der Waals surface area contributed by atoms with Crippen molar-refractivity contribution in [3.63, 3.8) is 0 Å². The molecule has 25 heavy (non-hydrogen) atoms. The smallest absolute Gasteiger partial charge is 0.253 e. The summed E-state index contributed by atoms with van der Waals surface area (Å²) in [5, 5.41) is 5.81. The van der Waals surface area contributed by atoms with Crippen molar-refractivity contribution in [1.82, 2.24) is 5.32 Å². The third-order valence-electron chi connectivity index (χ3n) is 4.05. The fourth-order valence-corrected chi connectivity index (χ4v) is 2.63. The van der Waals surface area contributed by atoms with E-state index < -0.39 is 0 Å². The highest BCUT2D eigenvalue weighted by molar-refractivity contribution is 6.02. The fourth-order valence-electron chi connectivity index (χ4n) is 2.63. The van der Waals surface area contributed by atoms with Gasteiger partial charge in [-0.15, -0.1) is 0 Å². The number of benzene rings is 1. The van der Waals surface area contributed by atoms with Crippen LogP contribution in [0.3, 0.4) is 0 Å². The lowest BCUT2D eigenvalue weighted by Gasteiger charge is -2.18. The number of hydrogen-bond donors (Lipinski definition) is 2. The van der Waals surface area contributed by atoms with Crippen molar-refractivity contribution in [2.75, 3.05) is 30.9 Å². The highest BCUT2D eigenvalue weighted by Crippen LogP contribution is 2.23. The van der Waals surface area contributed by atoms with Crippen LogP contribution in [0.25, 0.3) is 0 Å². The van der Waals surface area contributed by atoms with E-state index in [2.05, 4.69) is 17.6 Å². The summed E-state index contributed by atoms with van der Waals surface area (Å²) in [4.78, 5) is 26.4. The van der Waals surface area contributed by atoms with E-state index in [1.807, 2.05) is 38.1 Å². The van der Waals surface area contributed by atoms with Crippen LogP contribution in [0.1, 0.15) is 69.2 Å². The van der Waals surface area contributed by atoms with Crippen LogP contribution in [0.5, 0.6) is 0 Å². The number of anilines is 2. The maximum Gasteiger partial charge on any atom is 0.253 e. The van der Waals surface area contributed by atoms with E-state index in [0.717, 1.165) is 24.9 Å². The first-order chi connectivity index (χ1) is 12.0. The van der Waals surface area contributed by atoms with Gasteiger partial charge in [0.2, 0.25) is 5.91 Å². The number of rotatable bonds is 11. The Balaban J connectivity index is 2.70. The van der Waals surface area contributed by atoms with E-state index in [1.165, 1.54) is 19.3 Å². The quantitative estimate of drug-likeness (QED) is 0.590. The Labute approximate surface area is 152 Å². The molecule has 1 aromatic rings. The molecule has 0 aromatic heterocycles. The predicted octanol–water partition coefficient (Wildman–Crippen LogP) is 4.19. The lowest BCUT2D eigenvalue weighted by Crippen LogP contribution is -2.26. The standard InChI is InChI=1S/C20H33N3O2/c1-5-7-8-9-10-11-19(24)22-16-12-13-18(23(3)4)17(15-16)20(25)21-14-6-2/h12-13,15H,5-11,14H2,1-4H3,(H,21,25)(H,22,24). The molecule has 0 unspecified atom stereocenters. The van der Waals surface area contributed by atoms with Gasteiger partial charge in [0.05, 0.1) is 5.56 Å². The second-order valence-electron chi connectivity index (χ2n) is 6.59. The van der Waals surface area contributed by atoms with Gasteiger partial charge in [-0.3, -0.25) is 9.59 Å². The molecule has 1 rings (SSSR count). The number of unbranched alkanes of at least 4 members (excludes halogenated alkanes) is 4. The van der Waals surface area contributed by atoms with Gasteiger partial charge in [0.15, 0.2) is 0 Å². The van der Waals surface area contributed by atoms with Crippen molar-refractivity contribution in [1.29, 1.82) is 0 Å². The molecule has 0 spiro atoms. The molecule has 2 amide bonds. The van der Waals surface area contributed by atoms with Crippen molar-refractivity contribution in [2.24, 2.45) is 0 Å². The van der Waals surface area contributed by atoms with Crippen LogP contribution in [-0.4, -0.2) is 32.5 Å². The molecule has 0 heterocycles. The van der Waals surface area contributed by atoms with E-state index in [9.17, 15) is 9.59 Å². The van der Waals surface area contributed by atoms with Crippen molar-refractivity contribution < 1.29 is 9.59 Å². The van der Waals surface area contributed by atoms with Gasteiger partial charge in [-0.2, -0.15) is 0 Å². The second-order valence-corrected chi connectivity index (χ2v) is 6.59. The second kappa shape index (κ2) is 11.5. The summed E-state index contributed by atoms with van der Waals surface area (Å²) in [5.41, 5.74) is 2.09.